The predicted octanol–water partition coefficient (Wildman–Crippen LogP) is 2.89. The Kier molecular flexibility index (Phi) is 3.21. The number of benzene rings is 1. The maximum absolute atomic E-state index is 12.1. The van der Waals surface area contributed by atoms with Crippen LogP contribution in [0.2, 0.25) is 0 Å². The van der Waals surface area contributed by atoms with Crippen LogP contribution in [0, 0.1) is 5.41 Å². The minimum Gasteiger partial charge on any atom is -0.384 e. The molecule has 1 fully saturated rings. The van der Waals surface area contributed by atoms with Gasteiger partial charge in [0.05, 0.1) is 0 Å². The molecule has 3 nitrogen and oxygen atoms in total. The molecule has 1 amide bonds. The Morgan fingerprint density at radius 3 is 2.95 bits per heavy atom. The maximum Gasteiger partial charge on any atom is 0.220 e. The molecule has 19 heavy (non-hydrogen) atoms. The maximum atomic E-state index is 12.1. The lowest BCUT2D eigenvalue weighted by Gasteiger charge is -2.15. The molecule has 1 aliphatic carbocycles. The summed E-state index contributed by atoms with van der Waals surface area (Å²) in [6, 6.07) is 8.30. The van der Waals surface area contributed by atoms with E-state index in [-0.39, 0.29) is 5.91 Å². The molecule has 2 aliphatic rings. The van der Waals surface area contributed by atoms with Crippen LogP contribution in [0.1, 0.15) is 44.1 Å². The Labute approximate surface area is 114 Å². The number of nitrogens with one attached hydrogen (secondary N) is 2. The summed E-state index contributed by atoms with van der Waals surface area (Å²) in [7, 11) is 0. The zero-order valence-electron chi connectivity index (χ0n) is 11.5. The molecule has 1 unspecified atom stereocenters. The zero-order chi connectivity index (χ0) is 13.3. The quantitative estimate of drug-likeness (QED) is 0.852. The molecule has 3 heteroatoms. The van der Waals surface area contributed by atoms with E-state index in [1.165, 1.54) is 30.5 Å². The van der Waals surface area contributed by atoms with Gasteiger partial charge in [0.25, 0.3) is 0 Å². The normalized spacial score (nSPS) is 22.5. The highest BCUT2D eigenvalue weighted by molar-refractivity contribution is 5.78. The molecular formula is C16H22N2O. The van der Waals surface area contributed by atoms with Crippen LogP contribution in [0.25, 0.3) is 0 Å². The van der Waals surface area contributed by atoms with E-state index in [4.69, 9.17) is 0 Å². The highest BCUT2D eigenvalue weighted by Crippen LogP contribution is 2.47. The number of anilines is 1. The molecule has 0 spiro atoms. The third-order valence-electron chi connectivity index (χ3n) is 4.74. The summed E-state index contributed by atoms with van der Waals surface area (Å²) < 4.78 is 0. The van der Waals surface area contributed by atoms with Gasteiger partial charge < -0.3 is 10.6 Å². The van der Waals surface area contributed by atoms with E-state index in [1.54, 1.807) is 0 Å². The van der Waals surface area contributed by atoms with E-state index in [1.807, 2.05) is 12.1 Å². The first-order valence-corrected chi connectivity index (χ1v) is 7.32. The van der Waals surface area contributed by atoms with Crippen molar-refractivity contribution >= 4 is 11.6 Å². The summed E-state index contributed by atoms with van der Waals surface area (Å²) in [6.07, 6.45) is 4.33. The third kappa shape index (κ3) is 2.60. The molecule has 1 aliphatic heterocycles. The standard InChI is InChI=1S/C16H22N2O/c1-2-16(7-8-16)11-18-15(19)9-12-10-17-14-6-4-3-5-13(12)14/h3-6,12,17H,2,7-11H2,1H3,(H,18,19). The molecule has 2 N–H and O–H groups in total. The van der Waals surface area contributed by atoms with Crippen LogP contribution in [0.15, 0.2) is 24.3 Å². The monoisotopic (exact) mass is 258 g/mol. The van der Waals surface area contributed by atoms with Crippen LogP contribution in [0.4, 0.5) is 5.69 Å². The molecule has 1 aromatic carbocycles. The number of rotatable bonds is 5. The van der Waals surface area contributed by atoms with E-state index < -0.39 is 0 Å². The average Bonchev–Trinajstić information content (AvgIpc) is 3.13. The first-order chi connectivity index (χ1) is 9.22. The van der Waals surface area contributed by atoms with Crippen LogP contribution in [0.3, 0.4) is 0 Å². The Morgan fingerprint density at radius 2 is 2.21 bits per heavy atom. The van der Waals surface area contributed by atoms with Crippen molar-refractivity contribution in [2.24, 2.45) is 5.41 Å². The van der Waals surface area contributed by atoms with E-state index in [0.717, 1.165) is 13.1 Å². The van der Waals surface area contributed by atoms with Crippen molar-refractivity contribution in [1.29, 1.82) is 0 Å². The summed E-state index contributed by atoms with van der Waals surface area (Å²) in [5, 5.41) is 6.50. The lowest BCUT2D eigenvalue weighted by Crippen LogP contribution is -2.31. The molecule has 0 radical (unpaired) electrons. The Morgan fingerprint density at radius 1 is 1.42 bits per heavy atom. The fourth-order valence-corrected chi connectivity index (χ4v) is 2.95. The molecule has 0 bridgehead atoms. The second kappa shape index (κ2) is 4.87. The van der Waals surface area contributed by atoms with Crippen LogP contribution >= 0.6 is 0 Å². The van der Waals surface area contributed by atoms with Gasteiger partial charge >= 0.3 is 0 Å². The lowest BCUT2D eigenvalue weighted by molar-refractivity contribution is -0.121. The number of carbonyl (C=O) groups is 1. The van der Waals surface area contributed by atoms with Crippen LogP contribution in [0.5, 0.6) is 0 Å². The molecule has 1 saturated carbocycles. The molecule has 0 saturated heterocycles. The minimum atomic E-state index is 0.197. The van der Waals surface area contributed by atoms with Gasteiger partial charge in [0, 0.05) is 31.1 Å². The number of para-hydroxylation sites is 1. The summed E-state index contributed by atoms with van der Waals surface area (Å²) in [5.74, 6) is 0.524. The van der Waals surface area contributed by atoms with Crippen LogP contribution < -0.4 is 10.6 Å². The van der Waals surface area contributed by atoms with Crippen molar-refractivity contribution in [2.45, 2.75) is 38.5 Å². The van der Waals surface area contributed by atoms with Crippen LogP contribution in [-0.2, 0) is 4.79 Å². The lowest BCUT2D eigenvalue weighted by atomic mass is 9.97. The summed E-state index contributed by atoms with van der Waals surface area (Å²) >= 11 is 0. The predicted molar refractivity (Wildman–Crippen MR) is 77.3 cm³/mol. The average molecular weight is 258 g/mol. The smallest absolute Gasteiger partial charge is 0.220 e. The number of fused-ring (bicyclic) bond motifs is 1. The Balaban J connectivity index is 1.53. The van der Waals surface area contributed by atoms with Gasteiger partial charge in [0.1, 0.15) is 0 Å². The van der Waals surface area contributed by atoms with Crippen LogP contribution in [-0.4, -0.2) is 19.0 Å². The van der Waals surface area contributed by atoms with Gasteiger partial charge in [-0.3, -0.25) is 4.79 Å². The van der Waals surface area contributed by atoms with E-state index in [9.17, 15) is 4.79 Å². The summed E-state index contributed by atoms with van der Waals surface area (Å²) in [5.41, 5.74) is 2.91. The minimum absolute atomic E-state index is 0.197. The molecule has 0 aromatic heterocycles. The van der Waals surface area contributed by atoms with Crippen molar-refractivity contribution in [1.82, 2.24) is 5.32 Å². The topological polar surface area (TPSA) is 41.1 Å². The fraction of sp³-hybridized carbons (Fsp3) is 0.562. The molecule has 1 atom stereocenters. The van der Waals surface area contributed by atoms with Crippen molar-refractivity contribution in [3.8, 4) is 0 Å². The highest BCUT2D eigenvalue weighted by Gasteiger charge is 2.40. The van der Waals surface area contributed by atoms with Crippen molar-refractivity contribution in [2.75, 3.05) is 18.4 Å². The van der Waals surface area contributed by atoms with Gasteiger partial charge in [-0.2, -0.15) is 0 Å². The number of hydrogen-bond acceptors (Lipinski definition) is 2. The molecule has 1 aromatic rings. The fourth-order valence-electron chi connectivity index (χ4n) is 2.95. The Hall–Kier alpha value is -1.51. The number of carbonyl (C=O) groups excluding carboxylic acids is 1. The van der Waals surface area contributed by atoms with E-state index in [0.29, 0.717) is 17.8 Å². The largest absolute Gasteiger partial charge is 0.384 e. The zero-order valence-corrected chi connectivity index (χ0v) is 11.5. The third-order valence-corrected chi connectivity index (χ3v) is 4.74. The summed E-state index contributed by atoms with van der Waals surface area (Å²) in [4.78, 5) is 12.1. The van der Waals surface area contributed by atoms with Gasteiger partial charge in [0.15, 0.2) is 0 Å². The van der Waals surface area contributed by atoms with E-state index >= 15 is 0 Å². The second-order valence-electron chi connectivity index (χ2n) is 6.00. The summed E-state index contributed by atoms with van der Waals surface area (Å²) in [6.45, 7) is 3.96. The molecular weight excluding hydrogens is 236 g/mol. The molecule has 3 rings (SSSR count). The van der Waals surface area contributed by atoms with Crippen molar-refractivity contribution in [3.63, 3.8) is 0 Å². The Bertz CT molecular complexity index is 479. The first-order valence-electron chi connectivity index (χ1n) is 7.32. The van der Waals surface area contributed by atoms with Gasteiger partial charge in [-0.1, -0.05) is 25.1 Å². The van der Waals surface area contributed by atoms with Gasteiger partial charge in [-0.25, -0.2) is 0 Å². The molecule has 1 heterocycles. The van der Waals surface area contributed by atoms with Gasteiger partial charge in [-0.15, -0.1) is 0 Å². The number of amides is 1. The SMILES string of the molecule is CCC1(CNC(=O)CC2CNc3ccccc32)CC1. The van der Waals surface area contributed by atoms with Gasteiger partial charge in [-0.05, 0) is 36.3 Å². The second-order valence-corrected chi connectivity index (χ2v) is 6.00. The van der Waals surface area contributed by atoms with E-state index in [2.05, 4.69) is 29.7 Å². The first kappa shape index (κ1) is 12.5. The molecule has 102 valence electrons. The van der Waals surface area contributed by atoms with Gasteiger partial charge in [0.2, 0.25) is 5.91 Å². The highest BCUT2D eigenvalue weighted by atomic mass is 16.1. The number of hydrogen-bond donors (Lipinski definition) is 2. The van der Waals surface area contributed by atoms with Crippen molar-refractivity contribution in [3.05, 3.63) is 29.8 Å². The van der Waals surface area contributed by atoms with Crippen molar-refractivity contribution < 1.29 is 4.79 Å².